The number of benzene rings is 1. The second-order valence-corrected chi connectivity index (χ2v) is 6.79. The van der Waals surface area contributed by atoms with Gasteiger partial charge in [0.15, 0.2) is 0 Å². The van der Waals surface area contributed by atoms with Gasteiger partial charge in [0.25, 0.3) is 0 Å². The third kappa shape index (κ3) is 7.82. The molecule has 0 aliphatic heterocycles. The molecule has 0 bridgehead atoms. The second-order valence-electron chi connectivity index (χ2n) is 5.21. The van der Waals surface area contributed by atoms with E-state index < -0.39 is 10.8 Å². The number of urea groups is 1. The van der Waals surface area contributed by atoms with Crippen LogP contribution in [0.1, 0.15) is 19.4 Å². The maximum absolute atomic E-state index is 11.8. The first-order valence-electron chi connectivity index (χ1n) is 6.99. The van der Waals surface area contributed by atoms with Gasteiger partial charge in [0, 0.05) is 41.6 Å². The van der Waals surface area contributed by atoms with Crippen molar-refractivity contribution in [3.05, 3.63) is 29.8 Å². The highest BCUT2D eigenvalue weighted by Crippen LogP contribution is 2.12. The monoisotopic (exact) mass is 312 g/mol. The molecule has 0 saturated heterocycles. The zero-order valence-electron chi connectivity index (χ0n) is 12.8. The van der Waals surface area contributed by atoms with E-state index in [9.17, 15) is 9.00 Å². The highest BCUT2D eigenvalue weighted by molar-refractivity contribution is 7.84. The number of hydrogen-bond acceptors (Lipinski definition) is 3. The van der Waals surface area contributed by atoms with Gasteiger partial charge in [-0.3, -0.25) is 4.21 Å². The Morgan fingerprint density at radius 2 is 2.14 bits per heavy atom. The second kappa shape index (κ2) is 9.52. The molecule has 1 rings (SSSR count). The summed E-state index contributed by atoms with van der Waals surface area (Å²) < 4.78 is 16.7. The summed E-state index contributed by atoms with van der Waals surface area (Å²) in [4.78, 5) is 11.7. The van der Waals surface area contributed by atoms with Gasteiger partial charge in [-0.1, -0.05) is 26.0 Å². The van der Waals surface area contributed by atoms with Crippen molar-refractivity contribution in [3.63, 3.8) is 0 Å². The molecule has 1 atom stereocenters. The summed E-state index contributed by atoms with van der Waals surface area (Å²) in [6.07, 6.45) is 0. The normalized spacial score (nSPS) is 12.2. The summed E-state index contributed by atoms with van der Waals surface area (Å²) >= 11 is 0. The van der Waals surface area contributed by atoms with E-state index in [2.05, 4.69) is 10.6 Å². The maximum atomic E-state index is 11.8. The Balaban J connectivity index is 2.52. The maximum Gasteiger partial charge on any atom is 0.319 e. The molecule has 5 nitrogen and oxygen atoms in total. The van der Waals surface area contributed by atoms with Crippen molar-refractivity contribution in [2.24, 2.45) is 5.92 Å². The van der Waals surface area contributed by atoms with Crippen LogP contribution in [0, 0.1) is 5.92 Å². The van der Waals surface area contributed by atoms with Crippen LogP contribution >= 0.6 is 0 Å². The van der Waals surface area contributed by atoms with E-state index in [4.69, 9.17) is 4.74 Å². The molecule has 1 aromatic rings. The predicted octanol–water partition coefficient (Wildman–Crippen LogP) is 2.36. The molecule has 0 saturated carbocycles. The molecule has 0 spiro atoms. The first-order valence-corrected chi connectivity index (χ1v) is 8.47. The molecule has 0 fully saturated rings. The number of carbonyl (C=O) groups is 1. The van der Waals surface area contributed by atoms with E-state index in [0.717, 1.165) is 5.56 Å². The van der Waals surface area contributed by atoms with Crippen LogP contribution in [0.25, 0.3) is 0 Å². The molecule has 2 amide bonds. The first kappa shape index (κ1) is 17.7. The van der Waals surface area contributed by atoms with Crippen molar-refractivity contribution >= 4 is 22.5 Å². The van der Waals surface area contributed by atoms with E-state index in [-0.39, 0.29) is 6.03 Å². The fourth-order valence-electron chi connectivity index (χ4n) is 1.65. The number of rotatable bonds is 8. The van der Waals surface area contributed by atoms with Crippen LogP contribution in [0.4, 0.5) is 10.5 Å². The molecular weight excluding hydrogens is 288 g/mol. The number of ether oxygens (including phenoxy) is 1. The first-order chi connectivity index (χ1) is 10.0. The van der Waals surface area contributed by atoms with Gasteiger partial charge >= 0.3 is 6.03 Å². The van der Waals surface area contributed by atoms with Gasteiger partial charge in [-0.05, 0) is 23.6 Å². The Morgan fingerprint density at radius 1 is 1.38 bits per heavy atom. The number of hydrogen-bond donors (Lipinski definition) is 2. The van der Waals surface area contributed by atoms with E-state index in [1.54, 1.807) is 7.11 Å². The molecule has 0 unspecified atom stereocenters. The molecule has 0 heterocycles. The van der Waals surface area contributed by atoms with Gasteiger partial charge in [0.2, 0.25) is 0 Å². The number of amides is 2. The minimum Gasteiger partial charge on any atom is -0.384 e. The molecule has 0 aliphatic rings. The summed E-state index contributed by atoms with van der Waals surface area (Å²) in [6.45, 7) is 5.20. The van der Waals surface area contributed by atoms with Gasteiger partial charge in [-0.25, -0.2) is 4.79 Å². The van der Waals surface area contributed by atoms with Crippen LogP contribution < -0.4 is 10.6 Å². The van der Waals surface area contributed by atoms with Gasteiger partial charge in [0.05, 0.1) is 6.61 Å². The summed E-state index contributed by atoms with van der Waals surface area (Å²) in [6, 6.07) is 7.19. The van der Waals surface area contributed by atoms with Gasteiger partial charge < -0.3 is 15.4 Å². The standard InChI is InChI=1S/C15H24N2O3S/c1-12(2)10-16-15(18)17-14-6-4-5-13(9-14)11-21(19)8-7-20-3/h4-6,9,12H,7-8,10-11H2,1-3H3,(H2,16,17,18)/t21-/m0/s1. The Kier molecular flexibility index (Phi) is 8.00. The highest BCUT2D eigenvalue weighted by atomic mass is 32.2. The number of anilines is 1. The van der Waals surface area contributed by atoms with E-state index in [1.807, 2.05) is 38.1 Å². The average molecular weight is 312 g/mol. The van der Waals surface area contributed by atoms with Crippen molar-refractivity contribution < 1.29 is 13.7 Å². The lowest BCUT2D eigenvalue weighted by Gasteiger charge is -2.10. The fraction of sp³-hybridized carbons (Fsp3) is 0.533. The van der Waals surface area contributed by atoms with Crippen molar-refractivity contribution in [1.29, 1.82) is 0 Å². The quantitative estimate of drug-likeness (QED) is 0.774. The smallest absolute Gasteiger partial charge is 0.319 e. The Morgan fingerprint density at radius 3 is 2.81 bits per heavy atom. The summed E-state index contributed by atoms with van der Waals surface area (Å²) in [5.41, 5.74) is 1.64. The minimum atomic E-state index is -0.955. The molecule has 2 N–H and O–H groups in total. The van der Waals surface area contributed by atoms with E-state index in [1.165, 1.54) is 0 Å². The average Bonchev–Trinajstić information content (AvgIpc) is 2.43. The lowest BCUT2D eigenvalue weighted by Crippen LogP contribution is -2.31. The van der Waals surface area contributed by atoms with E-state index >= 15 is 0 Å². The minimum absolute atomic E-state index is 0.221. The zero-order valence-corrected chi connectivity index (χ0v) is 13.7. The highest BCUT2D eigenvalue weighted by Gasteiger charge is 2.05. The van der Waals surface area contributed by atoms with Crippen LogP contribution in [0.2, 0.25) is 0 Å². The fourth-order valence-corrected chi connectivity index (χ4v) is 2.69. The van der Waals surface area contributed by atoms with Crippen LogP contribution in [-0.4, -0.2) is 36.3 Å². The SMILES string of the molecule is COCC[S@](=O)Cc1cccc(NC(=O)NCC(C)C)c1. The third-order valence-corrected chi connectivity index (χ3v) is 3.98. The Hall–Kier alpha value is -1.40. The summed E-state index contributed by atoms with van der Waals surface area (Å²) in [5.74, 6) is 1.39. The van der Waals surface area contributed by atoms with Crippen molar-refractivity contribution in [2.45, 2.75) is 19.6 Å². The lowest BCUT2D eigenvalue weighted by atomic mass is 10.2. The number of carbonyl (C=O) groups excluding carboxylic acids is 1. The topological polar surface area (TPSA) is 67.4 Å². The van der Waals surface area contributed by atoms with E-state index in [0.29, 0.717) is 36.3 Å². The number of nitrogens with one attached hydrogen (secondary N) is 2. The van der Waals surface area contributed by atoms with Gasteiger partial charge in [0.1, 0.15) is 0 Å². The molecule has 0 aliphatic carbocycles. The molecule has 118 valence electrons. The molecule has 21 heavy (non-hydrogen) atoms. The number of methoxy groups -OCH3 is 1. The molecular formula is C15H24N2O3S. The van der Waals surface area contributed by atoms with Gasteiger partial charge in [-0.15, -0.1) is 0 Å². The van der Waals surface area contributed by atoms with Crippen LogP contribution in [0.3, 0.4) is 0 Å². The summed E-state index contributed by atoms with van der Waals surface area (Å²) in [5, 5.41) is 5.57. The Labute approximate surface area is 128 Å². The van der Waals surface area contributed by atoms with Crippen LogP contribution in [0.5, 0.6) is 0 Å². The lowest BCUT2D eigenvalue weighted by molar-refractivity contribution is 0.218. The third-order valence-electron chi connectivity index (χ3n) is 2.70. The largest absolute Gasteiger partial charge is 0.384 e. The molecule has 0 radical (unpaired) electrons. The molecule has 1 aromatic carbocycles. The van der Waals surface area contributed by atoms with Gasteiger partial charge in [-0.2, -0.15) is 0 Å². The predicted molar refractivity (Wildman–Crippen MR) is 86.9 cm³/mol. The molecule has 6 heteroatoms. The van der Waals surface area contributed by atoms with Crippen molar-refractivity contribution in [2.75, 3.05) is 31.3 Å². The van der Waals surface area contributed by atoms with Crippen molar-refractivity contribution in [1.82, 2.24) is 5.32 Å². The Bertz CT molecular complexity index is 478. The van der Waals surface area contributed by atoms with Crippen molar-refractivity contribution in [3.8, 4) is 0 Å². The van der Waals surface area contributed by atoms with Crippen LogP contribution in [-0.2, 0) is 21.3 Å². The molecule has 0 aromatic heterocycles. The summed E-state index contributed by atoms with van der Waals surface area (Å²) in [7, 11) is 0.640. The zero-order chi connectivity index (χ0) is 15.7. The van der Waals surface area contributed by atoms with Crippen LogP contribution in [0.15, 0.2) is 24.3 Å².